The fourth-order valence-electron chi connectivity index (χ4n) is 1.54. The van der Waals surface area contributed by atoms with E-state index in [1.807, 2.05) is 13.0 Å². The summed E-state index contributed by atoms with van der Waals surface area (Å²) in [6, 6.07) is 6.38. The van der Waals surface area contributed by atoms with Crippen LogP contribution in [0.15, 0.2) is 34.8 Å². The van der Waals surface area contributed by atoms with Crippen LogP contribution in [0, 0.1) is 6.92 Å². The van der Waals surface area contributed by atoms with Gasteiger partial charge in [-0.05, 0) is 31.9 Å². The van der Waals surface area contributed by atoms with Gasteiger partial charge in [0.25, 0.3) is 0 Å². The molecule has 3 N–H and O–H groups in total. The summed E-state index contributed by atoms with van der Waals surface area (Å²) in [6.07, 6.45) is 0.846. The van der Waals surface area contributed by atoms with Crippen LogP contribution in [0.5, 0.6) is 0 Å². The molecule has 1 aromatic carbocycles. The Bertz CT molecular complexity index is 361. The molecular formula is C12H17BrN2. The zero-order chi connectivity index (χ0) is 11.4. The number of benzene rings is 1. The Hall–Kier alpha value is -0.640. The van der Waals surface area contributed by atoms with Crippen LogP contribution in [0.1, 0.15) is 30.5 Å². The molecule has 1 aromatic rings. The Morgan fingerprint density at radius 2 is 2.27 bits per heavy atom. The number of hydrogen-bond acceptors (Lipinski definition) is 2. The second-order valence-electron chi connectivity index (χ2n) is 3.91. The number of halogens is 1. The molecule has 1 unspecified atom stereocenters. The maximum atomic E-state index is 5.56. The molecule has 0 aliphatic carbocycles. The number of hydrogen-bond donors (Lipinski definition) is 2. The van der Waals surface area contributed by atoms with E-state index in [-0.39, 0.29) is 6.04 Å². The van der Waals surface area contributed by atoms with E-state index in [4.69, 9.17) is 5.84 Å². The van der Waals surface area contributed by atoms with Crippen LogP contribution >= 0.6 is 15.9 Å². The molecule has 1 rings (SSSR count). The van der Waals surface area contributed by atoms with E-state index in [2.05, 4.69) is 47.0 Å². The lowest BCUT2D eigenvalue weighted by Gasteiger charge is -2.18. The van der Waals surface area contributed by atoms with Crippen LogP contribution in [0.25, 0.3) is 0 Å². The quantitative estimate of drug-likeness (QED) is 0.500. The van der Waals surface area contributed by atoms with Crippen LogP contribution in [0.2, 0.25) is 0 Å². The SMILES string of the molecule is C=C(C)CC(NN)c1cc(C)ccc1Br. The molecule has 2 nitrogen and oxygen atoms in total. The number of nitrogens with one attached hydrogen (secondary N) is 1. The Morgan fingerprint density at radius 1 is 1.60 bits per heavy atom. The van der Waals surface area contributed by atoms with Gasteiger partial charge in [0.2, 0.25) is 0 Å². The van der Waals surface area contributed by atoms with Gasteiger partial charge in [0.15, 0.2) is 0 Å². The molecule has 1 atom stereocenters. The van der Waals surface area contributed by atoms with Crippen LogP contribution in [0.3, 0.4) is 0 Å². The predicted molar refractivity (Wildman–Crippen MR) is 68.4 cm³/mol. The van der Waals surface area contributed by atoms with Gasteiger partial charge in [0.1, 0.15) is 0 Å². The van der Waals surface area contributed by atoms with Crippen LogP contribution in [-0.4, -0.2) is 0 Å². The fourth-order valence-corrected chi connectivity index (χ4v) is 2.06. The lowest BCUT2D eigenvalue weighted by molar-refractivity contribution is 0.548. The highest BCUT2D eigenvalue weighted by Crippen LogP contribution is 2.27. The van der Waals surface area contributed by atoms with Gasteiger partial charge in [-0.2, -0.15) is 0 Å². The highest BCUT2D eigenvalue weighted by Gasteiger charge is 2.12. The Balaban J connectivity index is 3.00. The monoisotopic (exact) mass is 268 g/mol. The summed E-state index contributed by atoms with van der Waals surface area (Å²) in [5, 5.41) is 0. The molecular weight excluding hydrogens is 252 g/mol. The lowest BCUT2D eigenvalue weighted by atomic mass is 9.99. The molecule has 82 valence electrons. The van der Waals surface area contributed by atoms with Gasteiger partial charge in [-0.25, -0.2) is 0 Å². The molecule has 0 aliphatic rings. The van der Waals surface area contributed by atoms with Gasteiger partial charge in [-0.1, -0.05) is 39.2 Å². The number of rotatable bonds is 4. The molecule has 0 saturated heterocycles. The summed E-state index contributed by atoms with van der Waals surface area (Å²) in [5.41, 5.74) is 6.36. The van der Waals surface area contributed by atoms with E-state index < -0.39 is 0 Å². The maximum absolute atomic E-state index is 5.56. The molecule has 0 saturated carbocycles. The van der Waals surface area contributed by atoms with Crippen molar-refractivity contribution in [2.45, 2.75) is 26.3 Å². The van der Waals surface area contributed by atoms with Crippen LogP contribution in [-0.2, 0) is 0 Å². The molecule has 0 bridgehead atoms. The van der Waals surface area contributed by atoms with E-state index in [0.717, 1.165) is 16.5 Å². The van der Waals surface area contributed by atoms with Crippen molar-refractivity contribution in [3.8, 4) is 0 Å². The first kappa shape index (κ1) is 12.4. The predicted octanol–water partition coefficient (Wildman–Crippen LogP) is 3.23. The van der Waals surface area contributed by atoms with Gasteiger partial charge >= 0.3 is 0 Å². The standard InChI is InChI=1S/C12H17BrN2/c1-8(2)6-12(15-14)10-7-9(3)4-5-11(10)13/h4-5,7,12,15H,1,6,14H2,2-3H3. The summed E-state index contributed by atoms with van der Waals surface area (Å²) in [6.45, 7) is 7.99. The van der Waals surface area contributed by atoms with Crippen LogP contribution in [0.4, 0.5) is 0 Å². The summed E-state index contributed by atoms with van der Waals surface area (Å²) in [7, 11) is 0. The van der Waals surface area contributed by atoms with Crippen molar-refractivity contribution in [3.05, 3.63) is 46.0 Å². The largest absolute Gasteiger partial charge is 0.271 e. The summed E-state index contributed by atoms with van der Waals surface area (Å²) in [4.78, 5) is 0. The Morgan fingerprint density at radius 3 is 2.80 bits per heavy atom. The minimum atomic E-state index is 0.122. The van der Waals surface area contributed by atoms with E-state index in [0.29, 0.717) is 0 Å². The fraction of sp³-hybridized carbons (Fsp3) is 0.333. The third kappa shape index (κ3) is 3.45. The minimum absolute atomic E-state index is 0.122. The van der Waals surface area contributed by atoms with Gasteiger partial charge < -0.3 is 0 Å². The second kappa shape index (κ2) is 5.45. The molecule has 3 heteroatoms. The van der Waals surface area contributed by atoms with Gasteiger partial charge in [0.05, 0.1) is 6.04 Å². The molecule has 0 spiro atoms. The van der Waals surface area contributed by atoms with Crippen molar-refractivity contribution in [3.63, 3.8) is 0 Å². The lowest BCUT2D eigenvalue weighted by Crippen LogP contribution is -2.28. The van der Waals surface area contributed by atoms with Crippen molar-refractivity contribution in [2.24, 2.45) is 5.84 Å². The molecule has 0 fully saturated rings. The number of aryl methyl sites for hydroxylation is 1. The Kier molecular flexibility index (Phi) is 4.51. The minimum Gasteiger partial charge on any atom is -0.271 e. The first-order chi connectivity index (χ1) is 7.04. The second-order valence-corrected chi connectivity index (χ2v) is 4.76. The number of hydrazine groups is 1. The zero-order valence-corrected chi connectivity index (χ0v) is 10.8. The zero-order valence-electron chi connectivity index (χ0n) is 9.18. The van der Waals surface area contributed by atoms with E-state index >= 15 is 0 Å². The van der Waals surface area contributed by atoms with E-state index in [9.17, 15) is 0 Å². The van der Waals surface area contributed by atoms with Crippen LogP contribution < -0.4 is 11.3 Å². The molecule has 0 heterocycles. The third-order valence-corrected chi connectivity index (χ3v) is 3.00. The van der Waals surface area contributed by atoms with Crippen molar-refractivity contribution in [1.29, 1.82) is 0 Å². The highest BCUT2D eigenvalue weighted by molar-refractivity contribution is 9.10. The van der Waals surface area contributed by atoms with Crippen molar-refractivity contribution in [2.75, 3.05) is 0 Å². The van der Waals surface area contributed by atoms with Crippen molar-refractivity contribution < 1.29 is 0 Å². The molecule has 0 aliphatic heterocycles. The summed E-state index contributed by atoms with van der Waals surface area (Å²) in [5.74, 6) is 5.56. The van der Waals surface area contributed by atoms with Crippen molar-refractivity contribution >= 4 is 15.9 Å². The number of nitrogens with two attached hydrogens (primary N) is 1. The molecule has 0 radical (unpaired) electrons. The average molecular weight is 269 g/mol. The molecule has 0 amide bonds. The molecule has 0 aromatic heterocycles. The van der Waals surface area contributed by atoms with Gasteiger partial charge in [0, 0.05) is 4.47 Å². The first-order valence-corrected chi connectivity index (χ1v) is 5.70. The van der Waals surface area contributed by atoms with E-state index in [1.165, 1.54) is 11.1 Å². The average Bonchev–Trinajstić information content (AvgIpc) is 2.18. The Labute approximate surface area is 99.7 Å². The normalized spacial score (nSPS) is 12.5. The summed E-state index contributed by atoms with van der Waals surface area (Å²) >= 11 is 3.54. The highest BCUT2D eigenvalue weighted by atomic mass is 79.9. The summed E-state index contributed by atoms with van der Waals surface area (Å²) < 4.78 is 1.08. The molecule has 15 heavy (non-hydrogen) atoms. The van der Waals surface area contributed by atoms with Gasteiger partial charge in [-0.3, -0.25) is 11.3 Å². The van der Waals surface area contributed by atoms with Crippen molar-refractivity contribution in [1.82, 2.24) is 5.43 Å². The van der Waals surface area contributed by atoms with E-state index in [1.54, 1.807) is 0 Å². The van der Waals surface area contributed by atoms with Gasteiger partial charge in [-0.15, -0.1) is 6.58 Å². The third-order valence-electron chi connectivity index (χ3n) is 2.28. The smallest absolute Gasteiger partial charge is 0.0508 e. The topological polar surface area (TPSA) is 38.0 Å². The first-order valence-electron chi connectivity index (χ1n) is 4.91. The maximum Gasteiger partial charge on any atom is 0.0508 e.